The van der Waals surface area contributed by atoms with Gasteiger partial charge in [-0.05, 0) is 31.9 Å². The van der Waals surface area contributed by atoms with E-state index in [1.54, 1.807) is 7.05 Å². The van der Waals surface area contributed by atoms with Gasteiger partial charge in [0.25, 0.3) is 11.8 Å². The lowest BCUT2D eigenvalue weighted by atomic mass is 10.0. The van der Waals surface area contributed by atoms with Gasteiger partial charge >= 0.3 is 5.97 Å². The number of carboxylic acids is 1. The second-order valence-electron chi connectivity index (χ2n) is 6.79. The Labute approximate surface area is 224 Å². The lowest BCUT2D eigenvalue weighted by Crippen LogP contribution is -2.71. The van der Waals surface area contributed by atoms with Crippen LogP contribution in [-0.2, 0) is 26.3 Å². The summed E-state index contributed by atoms with van der Waals surface area (Å²) in [6, 6.07) is -0.944. The second-order valence-corrected chi connectivity index (χ2v) is 11.2. The number of hydrogen-bond acceptors (Lipinski definition) is 13. The van der Waals surface area contributed by atoms with Crippen molar-refractivity contribution < 1.29 is 24.3 Å². The number of fused-ring (bicyclic) bond motifs is 1. The van der Waals surface area contributed by atoms with Crippen molar-refractivity contribution in [3.05, 3.63) is 20.8 Å². The van der Waals surface area contributed by atoms with Gasteiger partial charge in [-0.1, -0.05) is 28.3 Å². The van der Waals surface area contributed by atoms with E-state index in [0.29, 0.717) is 26.0 Å². The van der Waals surface area contributed by atoms with Crippen molar-refractivity contribution >= 4 is 91.8 Å². The van der Waals surface area contributed by atoms with Gasteiger partial charge in [0.15, 0.2) is 10.8 Å². The van der Waals surface area contributed by atoms with E-state index >= 15 is 0 Å². The van der Waals surface area contributed by atoms with Gasteiger partial charge in [0, 0.05) is 18.6 Å². The number of β-lactam (4-membered cyclic amide) rings is 1. The molecule has 4 N–H and O–H groups in total. The van der Waals surface area contributed by atoms with Crippen molar-refractivity contribution in [2.45, 2.75) is 16.6 Å². The molecule has 2 aliphatic rings. The number of oxime groups is 1. The average Bonchev–Trinajstić information content (AvgIpc) is 3.36. The molecular formula is C16H17BrClN9O5S3. The number of hydrogen-bond donors (Lipinski definition) is 3. The van der Waals surface area contributed by atoms with Crippen LogP contribution in [0.2, 0.25) is 0 Å². The monoisotopic (exact) mass is 625 g/mol. The van der Waals surface area contributed by atoms with Crippen LogP contribution in [0.25, 0.3) is 0 Å². The summed E-state index contributed by atoms with van der Waals surface area (Å²) in [6.45, 7) is 0. The highest BCUT2D eigenvalue weighted by molar-refractivity contribution is 9.11. The number of aryl methyl sites for hydroxylation is 1. The molecule has 2 aromatic rings. The van der Waals surface area contributed by atoms with E-state index in [1.165, 1.54) is 40.2 Å². The van der Waals surface area contributed by atoms with Crippen LogP contribution in [0.3, 0.4) is 0 Å². The van der Waals surface area contributed by atoms with E-state index < -0.39 is 29.2 Å². The lowest BCUT2D eigenvalue weighted by molar-refractivity contribution is -0.150. The fourth-order valence-corrected chi connectivity index (χ4v) is 6.91. The highest BCUT2D eigenvalue weighted by Gasteiger charge is 2.54. The maximum Gasteiger partial charge on any atom is 0.352 e. The van der Waals surface area contributed by atoms with Crippen LogP contribution in [0.1, 0.15) is 5.69 Å². The Hall–Kier alpha value is -2.41. The number of nitrogens with two attached hydrogens (primary N) is 1. The number of aromatic nitrogens is 5. The molecule has 2 aromatic heterocycles. The smallest absolute Gasteiger partial charge is 0.352 e. The number of thiazole rings is 1. The van der Waals surface area contributed by atoms with Crippen LogP contribution < -0.4 is 11.1 Å². The first-order valence-corrected chi connectivity index (χ1v) is 13.0. The Morgan fingerprint density at radius 1 is 1.46 bits per heavy atom. The van der Waals surface area contributed by atoms with Crippen LogP contribution in [0.5, 0.6) is 0 Å². The number of carbonyl (C=O) groups excluding carboxylic acids is 2. The number of amides is 2. The number of rotatable bonds is 8. The third-order valence-electron chi connectivity index (χ3n) is 4.72. The predicted molar refractivity (Wildman–Crippen MR) is 134 cm³/mol. The first-order chi connectivity index (χ1) is 16.2. The van der Waals surface area contributed by atoms with Crippen molar-refractivity contribution in [2.24, 2.45) is 12.2 Å². The fraction of sp³-hybridized carbons (Fsp3) is 0.375. The van der Waals surface area contributed by atoms with Crippen LogP contribution in [0.4, 0.5) is 5.13 Å². The number of halogens is 2. The van der Waals surface area contributed by atoms with E-state index in [4.69, 9.17) is 10.6 Å². The zero-order valence-corrected chi connectivity index (χ0v) is 22.7. The molecule has 19 heteroatoms. The maximum atomic E-state index is 12.9. The van der Waals surface area contributed by atoms with Crippen molar-refractivity contribution in [3.8, 4) is 0 Å². The molecule has 4 heterocycles. The van der Waals surface area contributed by atoms with Crippen LogP contribution in [0, 0.1) is 0 Å². The maximum absolute atomic E-state index is 12.9. The molecule has 2 amide bonds. The molecule has 1 fully saturated rings. The fourth-order valence-electron chi connectivity index (χ4n) is 3.25. The van der Waals surface area contributed by atoms with Gasteiger partial charge < -0.3 is 21.0 Å². The lowest BCUT2D eigenvalue weighted by Gasteiger charge is -2.49. The van der Waals surface area contributed by atoms with Crippen LogP contribution in [-0.4, -0.2) is 88.7 Å². The molecule has 2 atom stereocenters. The number of carbonyl (C=O) groups is 3. The van der Waals surface area contributed by atoms with Gasteiger partial charge in [-0.2, -0.15) is 0 Å². The summed E-state index contributed by atoms with van der Waals surface area (Å²) in [5, 5.41) is 27.4. The van der Waals surface area contributed by atoms with Gasteiger partial charge in [0.05, 0.1) is 0 Å². The summed E-state index contributed by atoms with van der Waals surface area (Å²) in [5.41, 5.74) is 6.16. The Morgan fingerprint density at radius 3 is 2.77 bits per heavy atom. The number of nitrogens with zero attached hydrogens (tertiary/aromatic N) is 7. The minimum Gasteiger partial charge on any atom is -0.477 e. The molecule has 35 heavy (non-hydrogen) atoms. The Balaban J connectivity index is 0.00000342. The van der Waals surface area contributed by atoms with E-state index in [2.05, 4.69) is 46.9 Å². The normalized spacial score (nSPS) is 19.6. The van der Waals surface area contributed by atoms with Crippen molar-refractivity contribution in [3.63, 3.8) is 0 Å². The molecular weight excluding hydrogens is 610 g/mol. The zero-order chi connectivity index (χ0) is 24.6. The first kappa shape index (κ1) is 27.2. The number of nitrogen functional groups attached to an aromatic ring is 1. The molecule has 1 unspecified atom stereocenters. The molecule has 4 rings (SSSR count). The molecule has 0 saturated carbocycles. The molecule has 0 spiro atoms. The summed E-state index contributed by atoms with van der Waals surface area (Å²) in [6.07, 6.45) is 0. The zero-order valence-electron chi connectivity index (χ0n) is 17.9. The molecule has 0 radical (unpaired) electrons. The minimum absolute atomic E-state index is 0. The third-order valence-corrected chi connectivity index (χ3v) is 8.69. The van der Waals surface area contributed by atoms with Crippen LogP contribution in [0.15, 0.2) is 25.4 Å². The molecule has 0 aromatic carbocycles. The van der Waals surface area contributed by atoms with Crippen molar-refractivity contribution in [1.82, 2.24) is 35.4 Å². The molecule has 188 valence electrons. The highest BCUT2D eigenvalue weighted by atomic mass is 79.9. The summed E-state index contributed by atoms with van der Waals surface area (Å²) in [5.74, 6) is -1.82. The largest absolute Gasteiger partial charge is 0.477 e. The summed E-state index contributed by atoms with van der Waals surface area (Å²) in [7, 11) is 2.94. The Bertz CT molecular complexity index is 1240. The van der Waals surface area contributed by atoms with Gasteiger partial charge in [-0.3, -0.25) is 14.5 Å². The van der Waals surface area contributed by atoms with Gasteiger partial charge in [0.2, 0.25) is 5.16 Å². The third kappa shape index (κ3) is 5.25. The van der Waals surface area contributed by atoms with Gasteiger partial charge in [-0.25, -0.2) is 14.5 Å². The molecule has 0 bridgehead atoms. The Kier molecular flexibility index (Phi) is 8.63. The molecule has 0 aliphatic carbocycles. The van der Waals surface area contributed by atoms with E-state index in [9.17, 15) is 19.5 Å². The molecule has 14 nitrogen and oxygen atoms in total. The summed E-state index contributed by atoms with van der Waals surface area (Å²) in [4.78, 5) is 47.9. The molecule has 2 aliphatic heterocycles. The highest BCUT2D eigenvalue weighted by Crippen LogP contribution is 2.41. The quantitative estimate of drug-likeness (QED) is 0.158. The van der Waals surface area contributed by atoms with E-state index in [0.717, 1.165) is 11.3 Å². The number of aliphatic carboxylic acids is 1. The number of carboxylic acid groups (broad SMARTS) is 1. The number of nitrogens with one attached hydrogen (secondary N) is 1. The van der Waals surface area contributed by atoms with Gasteiger partial charge in [0.1, 0.15) is 33.7 Å². The topological polar surface area (TPSA) is 191 Å². The van der Waals surface area contributed by atoms with Crippen molar-refractivity contribution in [2.75, 3.05) is 24.3 Å². The number of anilines is 1. The minimum atomic E-state index is -1.22. The van der Waals surface area contributed by atoms with Crippen molar-refractivity contribution in [1.29, 1.82) is 0 Å². The van der Waals surface area contributed by atoms with Crippen LogP contribution >= 0.6 is 63.2 Å². The number of thioether (sulfide) groups is 2. The van der Waals surface area contributed by atoms with E-state index in [1.807, 2.05) is 0 Å². The average molecular weight is 627 g/mol. The standard InChI is InChI=1S/C16H16BrN9O5S3.ClH/c1-25-16(21-23-24-25)33-4-5-3-32-13-8(12(28)26(13)9(5)14(29)30)19-11(27)7(22-31-2)6-10(17)34-15(18)20-6;/h8,13H,3-4H2,1-2H3,(H2,18,20)(H,19,27)(H,29,30);1H/t8?,13-;/m0./s1. The predicted octanol–water partition coefficient (Wildman–Crippen LogP) is 0.314. The molecule has 1 saturated heterocycles. The van der Waals surface area contributed by atoms with E-state index in [-0.39, 0.29) is 34.6 Å². The summed E-state index contributed by atoms with van der Waals surface area (Å²) < 4.78 is 1.94. The Morgan fingerprint density at radius 2 is 2.20 bits per heavy atom. The number of tetrazole rings is 1. The SMILES string of the molecule is CON=C(C(=O)NC1C(=O)N2C(C(=O)O)=C(CSc3nnnn3C)CS[C@@H]12)c1nc(N)sc1Br.Cl. The first-order valence-electron chi connectivity index (χ1n) is 9.32. The summed E-state index contributed by atoms with van der Waals surface area (Å²) >= 11 is 7.00. The second kappa shape index (κ2) is 11.1. The van der Waals surface area contributed by atoms with Gasteiger partial charge in [-0.15, -0.1) is 29.3 Å².